The van der Waals surface area contributed by atoms with Gasteiger partial charge in [-0.2, -0.15) is 18.2 Å². The summed E-state index contributed by atoms with van der Waals surface area (Å²) in [7, 11) is -4.38. The first-order chi connectivity index (χ1) is 22.0. The lowest BCUT2D eigenvalue weighted by Gasteiger charge is -2.40. The van der Waals surface area contributed by atoms with Crippen LogP contribution in [0.5, 0.6) is 5.88 Å². The van der Waals surface area contributed by atoms with Crippen LogP contribution in [0.15, 0.2) is 53.4 Å². The van der Waals surface area contributed by atoms with E-state index in [9.17, 15) is 31.2 Å². The molecule has 252 valence electrons. The highest BCUT2D eigenvalue weighted by molar-refractivity contribution is 7.92. The van der Waals surface area contributed by atoms with Gasteiger partial charge in [-0.05, 0) is 83.2 Å². The van der Waals surface area contributed by atoms with Gasteiger partial charge in [0.05, 0.1) is 28.2 Å². The number of ether oxygens (including phenoxy) is 2. The second kappa shape index (κ2) is 12.7. The van der Waals surface area contributed by atoms with Crippen molar-refractivity contribution in [2.75, 3.05) is 17.9 Å². The number of hydrogen-bond donors (Lipinski definition) is 1. The number of hydrazine groups is 1. The van der Waals surface area contributed by atoms with Gasteiger partial charge < -0.3 is 9.47 Å². The normalized spacial score (nSPS) is 18.6. The lowest BCUT2D eigenvalue weighted by molar-refractivity contribution is -0.195. The summed E-state index contributed by atoms with van der Waals surface area (Å²) in [6, 6.07) is 10.6. The third-order valence-corrected chi connectivity index (χ3v) is 9.55. The molecule has 11 nitrogen and oxygen atoms in total. The highest BCUT2D eigenvalue weighted by atomic mass is 32.2. The smallest absolute Gasteiger partial charge is 0.429 e. The third kappa shape index (κ3) is 6.99. The zero-order chi connectivity index (χ0) is 34.3. The second-order valence-corrected chi connectivity index (χ2v) is 13.7. The van der Waals surface area contributed by atoms with Gasteiger partial charge in [-0.25, -0.2) is 32.9 Å². The van der Waals surface area contributed by atoms with Crippen molar-refractivity contribution in [1.29, 1.82) is 0 Å². The first-order valence-corrected chi connectivity index (χ1v) is 16.6. The molecular weight excluding hydrogens is 639 g/mol. The first kappa shape index (κ1) is 33.9. The summed E-state index contributed by atoms with van der Waals surface area (Å²) in [4.78, 5) is 36.0. The van der Waals surface area contributed by atoms with E-state index in [1.54, 1.807) is 20.8 Å². The van der Waals surface area contributed by atoms with Crippen LogP contribution in [0.1, 0.15) is 61.5 Å². The van der Waals surface area contributed by atoms with Crippen molar-refractivity contribution in [3.05, 3.63) is 65.2 Å². The molecule has 47 heavy (non-hydrogen) atoms. The van der Waals surface area contributed by atoms with Gasteiger partial charge in [0.1, 0.15) is 6.61 Å². The standard InChI is InChI=1S/C32H36F3N5O6S/c1-6-39(30(42)46-19(2)3)40-23(17-31(13-14-31)32(33,34)35)18-45-26-16-25(27-20(4)9-7-10-21(27)5)36-29(37-26)38-47(43,44)24-12-8-11-22(15-24)28(40)41/h7-12,15-16,19,23H,6,13-14,17-18H2,1-5H3,(H,36,37,38)/t23-/m1/s1. The second-order valence-electron chi connectivity index (χ2n) is 12.1. The quantitative estimate of drug-likeness (QED) is 0.323. The van der Waals surface area contributed by atoms with E-state index in [2.05, 4.69) is 14.7 Å². The lowest BCUT2D eigenvalue weighted by atomic mass is 9.95. The number of carbonyl (C=O) groups excluding carboxylic acids is 2. The summed E-state index contributed by atoms with van der Waals surface area (Å²) in [6.45, 7) is 7.76. The molecule has 5 rings (SSSR count). The summed E-state index contributed by atoms with van der Waals surface area (Å²) >= 11 is 0. The molecule has 2 aliphatic rings. The van der Waals surface area contributed by atoms with Gasteiger partial charge in [0, 0.05) is 23.7 Å². The maximum atomic E-state index is 14.4. The summed E-state index contributed by atoms with van der Waals surface area (Å²) in [5, 5.41) is 1.83. The molecular formula is C32H36F3N5O6S. The maximum absolute atomic E-state index is 14.4. The van der Waals surface area contributed by atoms with Crippen LogP contribution in [-0.2, 0) is 14.8 Å². The number of fused-ring (bicyclic) bond motifs is 4. The van der Waals surface area contributed by atoms with Crippen molar-refractivity contribution >= 4 is 28.0 Å². The van der Waals surface area contributed by atoms with Gasteiger partial charge in [-0.3, -0.25) is 4.79 Å². The molecule has 0 saturated heterocycles. The number of sulfonamides is 1. The topological polar surface area (TPSA) is 131 Å². The Balaban J connectivity index is 1.72. The number of hydrogen-bond acceptors (Lipinski definition) is 8. The predicted molar refractivity (Wildman–Crippen MR) is 166 cm³/mol. The Morgan fingerprint density at radius 1 is 1.13 bits per heavy atom. The maximum Gasteiger partial charge on any atom is 0.429 e. The number of aryl methyl sites for hydroxylation is 2. The SMILES string of the molecule is CCN(C(=O)OC(C)C)N1C(=O)c2cccc(c2)S(=O)(=O)Nc2nc(cc(-c3c(C)cccc3C)n2)OC[C@H]1CC1(C(F)(F)F)CC1. The molecule has 0 radical (unpaired) electrons. The highest BCUT2D eigenvalue weighted by Gasteiger charge is 2.64. The Hall–Kier alpha value is -4.40. The molecule has 1 saturated carbocycles. The van der Waals surface area contributed by atoms with E-state index in [1.165, 1.54) is 24.3 Å². The van der Waals surface area contributed by atoms with Crippen molar-refractivity contribution < 1.29 is 40.7 Å². The fraction of sp³-hybridized carbons (Fsp3) is 0.438. The first-order valence-electron chi connectivity index (χ1n) is 15.1. The average molecular weight is 676 g/mol. The van der Waals surface area contributed by atoms with Crippen LogP contribution in [0.4, 0.5) is 23.9 Å². The van der Waals surface area contributed by atoms with E-state index in [0.29, 0.717) is 11.3 Å². The molecule has 1 N–H and O–H groups in total. The zero-order valence-electron chi connectivity index (χ0n) is 26.6. The fourth-order valence-corrected chi connectivity index (χ4v) is 6.70. The molecule has 0 spiro atoms. The van der Waals surface area contributed by atoms with Crippen molar-refractivity contribution in [3.63, 3.8) is 0 Å². The van der Waals surface area contributed by atoms with Crippen LogP contribution in [-0.4, -0.2) is 71.9 Å². The van der Waals surface area contributed by atoms with E-state index in [-0.39, 0.29) is 41.7 Å². The minimum Gasteiger partial charge on any atom is -0.475 e. The summed E-state index contributed by atoms with van der Waals surface area (Å²) in [5.74, 6) is -1.40. The van der Waals surface area contributed by atoms with Gasteiger partial charge in [-0.1, -0.05) is 24.3 Å². The van der Waals surface area contributed by atoms with Crippen LogP contribution >= 0.6 is 0 Å². The van der Waals surface area contributed by atoms with Gasteiger partial charge in [0.15, 0.2) is 0 Å². The number of anilines is 1. The lowest BCUT2D eigenvalue weighted by Crippen LogP contribution is -2.57. The monoisotopic (exact) mass is 675 g/mol. The van der Waals surface area contributed by atoms with E-state index in [0.717, 1.165) is 27.2 Å². The Bertz CT molecular complexity index is 1780. The fourth-order valence-electron chi connectivity index (χ4n) is 5.71. The molecule has 2 heterocycles. The van der Waals surface area contributed by atoms with Crippen LogP contribution in [0.25, 0.3) is 11.3 Å². The molecule has 1 aromatic heterocycles. The number of amides is 2. The van der Waals surface area contributed by atoms with Crippen molar-refractivity contribution in [1.82, 2.24) is 20.0 Å². The van der Waals surface area contributed by atoms with Gasteiger partial charge >= 0.3 is 12.3 Å². The summed E-state index contributed by atoms with van der Waals surface area (Å²) in [6.07, 6.45) is -7.08. The predicted octanol–water partition coefficient (Wildman–Crippen LogP) is 6.28. The highest BCUT2D eigenvalue weighted by Crippen LogP contribution is 2.61. The number of nitrogens with zero attached hydrogens (tertiary/aromatic N) is 4. The Kier molecular flexibility index (Phi) is 9.14. The van der Waals surface area contributed by atoms with Crippen LogP contribution in [0.3, 0.4) is 0 Å². The number of benzene rings is 2. The molecule has 1 aliphatic carbocycles. The van der Waals surface area contributed by atoms with Gasteiger partial charge in [0.25, 0.3) is 15.9 Å². The largest absolute Gasteiger partial charge is 0.475 e. The van der Waals surface area contributed by atoms with E-state index >= 15 is 0 Å². The van der Waals surface area contributed by atoms with E-state index < -0.39 is 58.8 Å². The van der Waals surface area contributed by atoms with Crippen LogP contribution in [0, 0.1) is 19.3 Å². The Labute approximate surface area is 271 Å². The minimum atomic E-state index is -4.59. The van der Waals surface area contributed by atoms with E-state index in [4.69, 9.17) is 9.47 Å². The summed E-state index contributed by atoms with van der Waals surface area (Å²) in [5.41, 5.74) is 0.345. The molecule has 1 atom stereocenters. The third-order valence-electron chi connectivity index (χ3n) is 8.22. The molecule has 0 unspecified atom stereocenters. The minimum absolute atomic E-state index is 0.150. The van der Waals surface area contributed by atoms with Crippen LogP contribution in [0.2, 0.25) is 0 Å². The molecule has 2 amide bonds. The number of rotatable bonds is 6. The van der Waals surface area contributed by atoms with Crippen molar-refractivity contribution in [2.45, 2.75) is 77.1 Å². The molecule has 1 aliphatic heterocycles. The number of halogens is 3. The van der Waals surface area contributed by atoms with Gasteiger partial charge in [0.2, 0.25) is 11.8 Å². The van der Waals surface area contributed by atoms with E-state index in [1.807, 2.05) is 32.0 Å². The number of carbonyl (C=O) groups is 2. The molecule has 15 heteroatoms. The number of aromatic nitrogens is 2. The van der Waals surface area contributed by atoms with Crippen LogP contribution < -0.4 is 9.46 Å². The Morgan fingerprint density at radius 2 is 1.79 bits per heavy atom. The zero-order valence-corrected chi connectivity index (χ0v) is 27.4. The summed E-state index contributed by atoms with van der Waals surface area (Å²) < 4.78 is 84.1. The molecule has 1 fully saturated rings. The average Bonchev–Trinajstić information content (AvgIpc) is 3.78. The Morgan fingerprint density at radius 3 is 2.38 bits per heavy atom. The molecule has 2 aromatic carbocycles. The van der Waals surface area contributed by atoms with Crippen molar-refractivity contribution in [3.8, 4) is 17.1 Å². The number of alkyl halides is 3. The van der Waals surface area contributed by atoms with Gasteiger partial charge in [-0.15, -0.1) is 0 Å². The number of nitrogens with one attached hydrogen (secondary N) is 1. The molecule has 4 bridgehead atoms. The van der Waals surface area contributed by atoms with Crippen molar-refractivity contribution in [2.24, 2.45) is 5.41 Å². The molecule has 3 aromatic rings.